The molecule has 0 saturated carbocycles. The minimum absolute atomic E-state index is 0.0811. The predicted octanol–water partition coefficient (Wildman–Crippen LogP) is 2.54. The van der Waals surface area contributed by atoms with E-state index in [1.165, 1.54) is 7.11 Å². The highest BCUT2D eigenvalue weighted by Gasteiger charge is 2.28. The number of nitro benzene ring substituents is 1. The van der Waals surface area contributed by atoms with Crippen molar-refractivity contribution in [2.24, 2.45) is 0 Å². The van der Waals surface area contributed by atoms with Crippen molar-refractivity contribution in [3.8, 4) is 5.75 Å². The Kier molecular flexibility index (Phi) is 5.59. The van der Waals surface area contributed by atoms with Crippen LogP contribution in [0.25, 0.3) is 0 Å². The molecule has 1 rings (SSSR count). The number of ether oxygens (including phenoxy) is 1. The van der Waals surface area contributed by atoms with Crippen molar-refractivity contribution < 1.29 is 19.6 Å². The summed E-state index contributed by atoms with van der Waals surface area (Å²) in [6, 6.07) is 1.03. The average molecular weight is 321 g/mol. The summed E-state index contributed by atoms with van der Waals surface area (Å²) in [5, 5.41) is 21.9. The van der Waals surface area contributed by atoms with Gasteiger partial charge in [0.15, 0.2) is 0 Å². The van der Waals surface area contributed by atoms with Crippen LogP contribution in [0.1, 0.15) is 31.2 Å². The molecule has 1 aromatic carbocycles. The van der Waals surface area contributed by atoms with E-state index in [4.69, 9.17) is 27.9 Å². The zero-order chi connectivity index (χ0) is 15.4. The topological polar surface area (TPSA) is 92.5 Å². The third-order valence-electron chi connectivity index (χ3n) is 2.80. The second-order valence-corrected chi connectivity index (χ2v) is 4.84. The fourth-order valence-corrected chi connectivity index (χ4v) is 2.71. The number of benzene rings is 1. The van der Waals surface area contributed by atoms with Crippen molar-refractivity contribution in [1.29, 1.82) is 0 Å². The van der Waals surface area contributed by atoms with Crippen molar-refractivity contribution in [2.45, 2.75) is 25.7 Å². The summed E-state index contributed by atoms with van der Waals surface area (Å²) in [4.78, 5) is 21.4. The first-order valence-electron chi connectivity index (χ1n) is 5.76. The highest BCUT2D eigenvalue weighted by Crippen LogP contribution is 2.45. The number of rotatable bonds is 6. The molecule has 0 N–H and O–H groups in total. The van der Waals surface area contributed by atoms with Crippen molar-refractivity contribution in [3.63, 3.8) is 0 Å². The summed E-state index contributed by atoms with van der Waals surface area (Å²) in [5.41, 5.74) is -0.336. The van der Waals surface area contributed by atoms with Crippen molar-refractivity contribution in [3.05, 3.63) is 31.8 Å². The van der Waals surface area contributed by atoms with E-state index < -0.39 is 22.5 Å². The first-order valence-corrected chi connectivity index (χ1v) is 6.51. The smallest absolute Gasteiger partial charge is 0.314 e. The highest BCUT2D eigenvalue weighted by molar-refractivity contribution is 6.38. The predicted molar refractivity (Wildman–Crippen MR) is 72.3 cm³/mol. The van der Waals surface area contributed by atoms with Gasteiger partial charge in [-0.25, -0.2) is 0 Å². The molecule has 1 atom stereocenters. The fraction of sp³-hybridized carbons (Fsp3) is 0.417. The standard InChI is InChI=1S/C12H13Cl2NO5/c1-3-4-6(12(16)17)9-7(13)5-8(15(18)19)11(20-2)10(9)14/h5-6H,3-4H2,1-2H3,(H,16,17)/p-1/t6-/m0/s1. The number of carboxylic acid groups (broad SMARTS) is 1. The molecule has 0 spiro atoms. The molecule has 20 heavy (non-hydrogen) atoms. The lowest BCUT2D eigenvalue weighted by Gasteiger charge is -2.21. The number of carboxylic acids is 1. The molecule has 0 aliphatic heterocycles. The third kappa shape index (κ3) is 3.13. The van der Waals surface area contributed by atoms with Gasteiger partial charge in [0.05, 0.1) is 22.1 Å². The van der Waals surface area contributed by atoms with E-state index in [0.717, 1.165) is 6.07 Å². The minimum atomic E-state index is -1.34. The molecule has 0 unspecified atom stereocenters. The number of hydrogen-bond donors (Lipinski definition) is 0. The molecule has 0 saturated heterocycles. The molecule has 0 amide bonds. The van der Waals surface area contributed by atoms with Gasteiger partial charge in [-0.15, -0.1) is 0 Å². The van der Waals surface area contributed by atoms with Gasteiger partial charge in [0.25, 0.3) is 0 Å². The Morgan fingerprint density at radius 3 is 2.50 bits per heavy atom. The Morgan fingerprint density at radius 1 is 1.50 bits per heavy atom. The lowest BCUT2D eigenvalue weighted by Crippen LogP contribution is -2.30. The molecule has 110 valence electrons. The minimum Gasteiger partial charge on any atom is -0.549 e. The van der Waals surface area contributed by atoms with E-state index >= 15 is 0 Å². The first kappa shape index (κ1) is 16.5. The van der Waals surface area contributed by atoms with Crippen LogP contribution in [0.4, 0.5) is 5.69 Å². The van der Waals surface area contributed by atoms with Gasteiger partial charge in [0, 0.05) is 23.5 Å². The number of carbonyl (C=O) groups is 1. The van der Waals surface area contributed by atoms with E-state index in [-0.39, 0.29) is 27.8 Å². The van der Waals surface area contributed by atoms with Gasteiger partial charge in [0.1, 0.15) is 0 Å². The molecule has 0 fully saturated rings. The Bertz CT molecular complexity index is 547. The Balaban J connectivity index is 3.55. The Morgan fingerprint density at radius 2 is 2.10 bits per heavy atom. The number of nitro groups is 1. The van der Waals surface area contributed by atoms with Crippen LogP contribution in [-0.2, 0) is 4.79 Å². The number of hydrogen-bond acceptors (Lipinski definition) is 5. The SMILES string of the molecule is CCC[C@H](C(=O)[O-])c1c(Cl)cc([N+](=O)[O-])c(OC)c1Cl. The number of nitrogens with zero attached hydrogens (tertiary/aromatic N) is 1. The molecule has 0 heterocycles. The van der Waals surface area contributed by atoms with Crippen molar-refractivity contribution >= 4 is 34.9 Å². The van der Waals surface area contributed by atoms with E-state index in [1.807, 2.05) is 0 Å². The summed E-state index contributed by atoms with van der Waals surface area (Å²) in [7, 11) is 1.21. The molecule has 6 nitrogen and oxygen atoms in total. The lowest BCUT2D eigenvalue weighted by molar-refractivity contribution is -0.385. The first-order chi connectivity index (χ1) is 9.34. The van der Waals surface area contributed by atoms with E-state index in [0.29, 0.717) is 6.42 Å². The van der Waals surface area contributed by atoms with Crippen LogP contribution in [0.15, 0.2) is 6.07 Å². The average Bonchev–Trinajstić information content (AvgIpc) is 2.36. The summed E-state index contributed by atoms with van der Waals surface area (Å²) < 4.78 is 4.90. The van der Waals surface area contributed by atoms with Gasteiger partial charge < -0.3 is 14.6 Å². The van der Waals surface area contributed by atoms with Gasteiger partial charge in [0.2, 0.25) is 5.75 Å². The quantitative estimate of drug-likeness (QED) is 0.593. The van der Waals surface area contributed by atoms with E-state index in [9.17, 15) is 20.0 Å². The molecular formula is C12H12Cl2NO5-. The largest absolute Gasteiger partial charge is 0.549 e. The number of carbonyl (C=O) groups excluding carboxylic acids is 1. The third-order valence-corrected chi connectivity index (χ3v) is 3.49. The van der Waals surface area contributed by atoms with Gasteiger partial charge in [-0.05, 0) is 6.42 Å². The van der Waals surface area contributed by atoms with Crippen LogP contribution >= 0.6 is 23.2 Å². The van der Waals surface area contributed by atoms with E-state index in [1.54, 1.807) is 6.92 Å². The fourth-order valence-electron chi connectivity index (χ4n) is 1.92. The molecule has 0 bridgehead atoms. The Labute approximate surface area is 125 Å². The maximum absolute atomic E-state index is 11.2. The number of methoxy groups -OCH3 is 1. The van der Waals surface area contributed by atoms with E-state index in [2.05, 4.69) is 0 Å². The number of aliphatic carboxylic acids is 1. The van der Waals surface area contributed by atoms with Crippen LogP contribution < -0.4 is 9.84 Å². The van der Waals surface area contributed by atoms with Gasteiger partial charge in [-0.2, -0.15) is 0 Å². The van der Waals surface area contributed by atoms with Crippen LogP contribution in [0.3, 0.4) is 0 Å². The molecular weight excluding hydrogens is 309 g/mol. The van der Waals surface area contributed by atoms with Crippen molar-refractivity contribution in [1.82, 2.24) is 0 Å². The summed E-state index contributed by atoms with van der Waals surface area (Å²) in [5.74, 6) is -2.60. The molecule has 0 aliphatic carbocycles. The number of halogens is 2. The van der Waals surface area contributed by atoms with Crippen LogP contribution in [0, 0.1) is 10.1 Å². The van der Waals surface area contributed by atoms with Gasteiger partial charge >= 0.3 is 5.69 Å². The van der Waals surface area contributed by atoms with Crippen molar-refractivity contribution in [2.75, 3.05) is 7.11 Å². The lowest BCUT2D eigenvalue weighted by atomic mass is 9.94. The second kappa shape index (κ2) is 6.76. The van der Waals surface area contributed by atoms with Gasteiger partial charge in [-0.3, -0.25) is 10.1 Å². The normalized spacial score (nSPS) is 12.0. The van der Waals surface area contributed by atoms with Gasteiger partial charge in [-0.1, -0.05) is 36.5 Å². The second-order valence-electron chi connectivity index (χ2n) is 4.06. The highest BCUT2D eigenvalue weighted by atomic mass is 35.5. The zero-order valence-corrected chi connectivity index (χ0v) is 12.3. The van der Waals surface area contributed by atoms with Crippen LogP contribution in [0.5, 0.6) is 5.75 Å². The molecule has 0 radical (unpaired) electrons. The Hall–Kier alpha value is -1.53. The maximum atomic E-state index is 11.2. The summed E-state index contributed by atoms with van der Waals surface area (Å²) in [6.07, 6.45) is 0.813. The molecule has 1 aromatic rings. The van der Waals surface area contributed by atoms with Crippen LogP contribution in [-0.4, -0.2) is 18.0 Å². The van der Waals surface area contributed by atoms with Crippen LogP contribution in [0.2, 0.25) is 10.0 Å². The molecule has 8 heteroatoms. The zero-order valence-electron chi connectivity index (χ0n) is 10.8. The summed E-state index contributed by atoms with van der Waals surface area (Å²) >= 11 is 12.0. The molecule has 0 aliphatic rings. The monoisotopic (exact) mass is 320 g/mol. The summed E-state index contributed by atoms with van der Waals surface area (Å²) in [6.45, 7) is 1.79. The maximum Gasteiger partial charge on any atom is 0.314 e. The molecule has 0 aromatic heterocycles.